The summed E-state index contributed by atoms with van der Waals surface area (Å²) < 4.78 is 5.14. The first-order valence-corrected chi connectivity index (χ1v) is 8.83. The molecule has 0 heterocycles. The van der Waals surface area contributed by atoms with Gasteiger partial charge in [-0.15, -0.1) is 0 Å². The quantitative estimate of drug-likeness (QED) is 0.402. The Kier molecular flexibility index (Phi) is 12.1. The average molecular weight is 333 g/mol. The zero-order valence-corrected chi connectivity index (χ0v) is 15.1. The van der Waals surface area contributed by atoms with Crippen LogP contribution in [-0.4, -0.2) is 36.4 Å². The van der Waals surface area contributed by atoms with Crippen LogP contribution in [0.5, 0.6) is 0 Å². The van der Waals surface area contributed by atoms with E-state index < -0.39 is 5.60 Å². The van der Waals surface area contributed by atoms with Gasteiger partial charge in [0.2, 0.25) is 5.91 Å². The average Bonchev–Trinajstić information content (AvgIpc) is 2.40. The molecule has 0 aromatic rings. The Morgan fingerprint density at radius 3 is 2.09 bits per heavy atom. The highest BCUT2D eigenvalue weighted by Gasteiger charge is 2.15. The molecule has 0 fully saturated rings. The Hall–Kier alpha value is -0.910. The first-order chi connectivity index (χ1) is 10.3. The van der Waals surface area contributed by atoms with Gasteiger partial charge in [-0.2, -0.15) is 12.6 Å². The van der Waals surface area contributed by atoms with Crippen molar-refractivity contribution < 1.29 is 14.3 Å². The van der Waals surface area contributed by atoms with Gasteiger partial charge in [-0.05, 0) is 58.6 Å². The Balaban J connectivity index is 3.36. The van der Waals surface area contributed by atoms with E-state index in [-0.39, 0.29) is 12.0 Å². The molecule has 0 aromatic heterocycles. The molecule has 0 aromatic carbocycles. The number of rotatable bonds is 11. The molecule has 5 nitrogen and oxygen atoms in total. The van der Waals surface area contributed by atoms with Crippen molar-refractivity contribution in [3.05, 3.63) is 0 Å². The molecule has 22 heavy (non-hydrogen) atoms. The fourth-order valence-electron chi connectivity index (χ4n) is 1.82. The first kappa shape index (κ1) is 21.1. The third-order valence-corrected chi connectivity index (χ3v) is 3.22. The fourth-order valence-corrected chi connectivity index (χ4v) is 2.05. The lowest BCUT2D eigenvalue weighted by Gasteiger charge is -2.19. The van der Waals surface area contributed by atoms with Gasteiger partial charge in [0.25, 0.3) is 0 Å². The number of ether oxygens (including phenoxy) is 1. The molecule has 0 radical (unpaired) electrons. The van der Waals surface area contributed by atoms with Gasteiger partial charge in [0, 0.05) is 19.5 Å². The molecule has 0 saturated carbocycles. The van der Waals surface area contributed by atoms with Crippen molar-refractivity contribution in [3.8, 4) is 0 Å². The van der Waals surface area contributed by atoms with E-state index in [1.165, 1.54) is 0 Å². The predicted molar refractivity (Wildman–Crippen MR) is 93.4 cm³/mol. The van der Waals surface area contributed by atoms with Crippen LogP contribution in [0.4, 0.5) is 4.79 Å². The largest absolute Gasteiger partial charge is 0.444 e. The number of hydrogen-bond donors (Lipinski definition) is 3. The number of amides is 2. The maximum Gasteiger partial charge on any atom is 0.407 e. The summed E-state index contributed by atoms with van der Waals surface area (Å²) in [7, 11) is 0. The highest BCUT2D eigenvalue weighted by atomic mass is 32.1. The maximum absolute atomic E-state index is 11.5. The minimum absolute atomic E-state index is 0.131. The zero-order chi connectivity index (χ0) is 16.8. The summed E-state index contributed by atoms with van der Waals surface area (Å²) in [5.74, 6) is 1.02. The number of carbonyl (C=O) groups is 2. The van der Waals surface area contributed by atoms with Crippen LogP contribution in [-0.2, 0) is 9.53 Å². The van der Waals surface area contributed by atoms with Crippen molar-refractivity contribution in [2.75, 3.05) is 18.8 Å². The molecule has 0 unspecified atom stereocenters. The molecule has 0 saturated heterocycles. The van der Waals surface area contributed by atoms with Crippen molar-refractivity contribution in [1.29, 1.82) is 0 Å². The van der Waals surface area contributed by atoms with Crippen molar-refractivity contribution in [1.82, 2.24) is 10.6 Å². The zero-order valence-electron chi connectivity index (χ0n) is 14.2. The number of nitrogens with one attached hydrogen (secondary N) is 2. The highest BCUT2D eigenvalue weighted by molar-refractivity contribution is 7.80. The Morgan fingerprint density at radius 1 is 0.909 bits per heavy atom. The molecule has 0 aliphatic heterocycles. The second-order valence-corrected chi connectivity index (χ2v) is 6.82. The summed E-state index contributed by atoms with van der Waals surface area (Å²) in [5, 5.41) is 5.64. The Bertz CT molecular complexity index is 317. The van der Waals surface area contributed by atoms with E-state index in [9.17, 15) is 9.59 Å². The van der Waals surface area contributed by atoms with Gasteiger partial charge in [-0.25, -0.2) is 4.79 Å². The normalized spacial score (nSPS) is 11.1. The van der Waals surface area contributed by atoms with Gasteiger partial charge in [-0.3, -0.25) is 4.79 Å². The smallest absolute Gasteiger partial charge is 0.407 e. The highest BCUT2D eigenvalue weighted by Crippen LogP contribution is 2.06. The van der Waals surface area contributed by atoms with Gasteiger partial charge >= 0.3 is 6.09 Å². The van der Waals surface area contributed by atoms with Gasteiger partial charge < -0.3 is 15.4 Å². The molecule has 0 aliphatic rings. The third kappa shape index (κ3) is 15.5. The van der Waals surface area contributed by atoms with Gasteiger partial charge in [0.15, 0.2) is 0 Å². The van der Waals surface area contributed by atoms with Gasteiger partial charge in [0.05, 0.1) is 0 Å². The van der Waals surface area contributed by atoms with Gasteiger partial charge in [0.1, 0.15) is 5.60 Å². The minimum atomic E-state index is -0.457. The molecule has 6 heteroatoms. The summed E-state index contributed by atoms with van der Waals surface area (Å²) >= 11 is 4.14. The topological polar surface area (TPSA) is 67.4 Å². The molecule has 0 rings (SSSR count). The fraction of sp³-hybridized carbons (Fsp3) is 0.875. The Labute approximate surface area is 140 Å². The standard InChI is InChI=1S/C16H32N2O3S/c1-16(2,3)21-15(20)18-12-8-5-7-11-17-14(19)10-6-4-9-13-22/h22H,4-13H2,1-3H3,(H,17,19)(H,18,20). The summed E-state index contributed by atoms with van der Waals surface area (Å²) in [4.78, 5) is 22.9. The van der Waals surface area contributed by atoms with Gasteiger partial charge in [-0.1, -0.05) is 6.42 Å². The van der Waals surface area contributed by atoms with E-state index in [1.54, 1.807) is 0 Å². The number of hydrogen-bond acceptors (Lipinski definition) is 4. The summed E-state index contributed by atoms with van der Waals surface area (Å²) in [6, 6.07) is 0. The van der Waals surface area contributed by atoms with Crippen LogP contribution < -0.4 is 10.6 Å². The predicted octanol–water partition coefficient (Wildman–Crippen LogP) is 3.29. The van der Waals surface area contributed by atoms with E-state index in [0.717, 1.165) is 44.3 Å². The molecule has 0 spiro atoms. The summed E-state index contributed by atoms with van der Waals surface area (Å²) in [6.07, 6.45) is 6.08. The van der Waals surface area contributed by atoms with Crippen LogP contribution in [0.3, 0.4) is 0 Å². The lowest BCUT2D eigenvalue weighted by molar-refractivity contribution is -0.121. The molecule has 2 N–H and O–H groups in total. The van der Waals surface area contributed by atoms with Crippen molar-refractivity contribution >= 4 is 24.6 Å². The molecule has 0 atom stereocenters. The third-order valence-electron chi connectivity index (χ3n) is 2.91. The van der Waals surface area contributed by atoms with E-state index in [2.05, 4.69) is 23.3 Å². The molecular formula is C16H32N2O3S. The molecule has 0 aliphatic carbocycles. The van der Waals surface area contributed by atoms with Crippen LogP contribution in [0.25, 0.3) is 0 Å². The van der Waals surface area contributed by atoms with Crippen LogP contribution in [0.15, 0.2) is 0 Å². The van der Waals surface area contributed by atoms with E-state index in [0.29, 0.717) is 19.5 Å². The molecule has 2 amide bonds. The van der Waals surface area contributed by atoms with E-state index in [4.69, 9.17) is 4.74 Å². The molecule has 130 valence electrons. The number of carbonyl (C=O) groups excluding carboxylic acids is 2. The molecular weight excluding hydrogens is 300 g/mol. The summed E-state index contributed by atoms with van der Waals surface area (Å²) in [6.45, 7) is 6.83. The monoisotopic (exact) mass is 332 g/mol. The lowest BCUT2D eigenvalue weighted by Crippen LogP contribution is -2.33. The summed E-state index contributed by atoms with van der Waals surface area (Å²) in [5.41, 5.74) is -0.457. The minimum Gasteiger partial charge on any atom is -0.444 e. The van der Waals surface area contributed by atoms with Crippen molar-refractivity contribution in [2.45, 2.75) is 71.3 Å². The number of alkyl carbamates (subject to hydrolysis) is 1. The first-order valence-electron chi connectivity index (χ1n) is 8.19. The van der Waals surface area contributed by atoms with Crippen LogP contribution >= 0.6 is 12.6 Å². The SMILES string of the molecule is CC(C)(C)OC(=O)NCCCCCNC(=O)CCCCCS. The van der Waals surface area contributed by atoms with Crippen LogP contribution in [0.2, 0.25) is 0 Å². The number of thiol groups is 1. The van der Waals surface area contributed by atoms with Crippen LogP contribution in [0, 0.1) is 0 Å². The van der Waals surface area contributed by atoms with Crippen LogP contribution in [0.1, 0.15) is 65.7 Å². The molecule has 0 bridgehead atoms. The Morgan fingerprint density at radius 2 is 1.50 bits per heavy atom. The lowest BCUT2D eigenvalue weighted by atomic mass is 10.2. The van der Waals surface area contributed by atoms with E-state index >= 15 is 0 Å². The van der Waals surface area contributed by atoms with Crippen molar-refractivity contribution in [2.24, 2.45) is 0 Å². The maximum atomic E-state index is 11.5. The van der Waals surface area contributed by atoms with Crippen molar-refractivity contribution in [3.63, 3.8) is 0 Å². The second kappa shape index (κ2) is 12.6. The van der Waals surface area contributed by atoms with E-state index in [1.807, 2.05) is 20.8 Å². The second-order valence-electron chi connectivity index (χ2n) is 6.37. The number of unbranched alkanes of at least 4 members (excludes halogenated alkanes) is 4.